The first-order chi connectivity index (χ1) is 11.9. The molecule has 1 aliphatic rings. The van der Waals surface area contributed by atoms with E-state index in [0.29, 0.717) is 16.8 Å². The zero-order chi connectivity index (χ0) is 17.8. The Morgan fingerprint density at radius 3 is 2.32 bits per heavy atom. The lowest BCUT2D eigenvalue weighted by Gasteiger charge is -2.18. The first-order valence-corrected chi connectivity index (χ1v) is 7.39. The van der Waals surface area contributed by atoms with Gasteiger partial charge < -0.3 is 0 Å². The maximum Gasteiger partial charge on any atom is 0.416 e. The van der Waals surface area contributed by atoms with E-state index in [1.807, 2.05) is 12.1 Å². The van der Waals surface area contributed by atoms with Crippen molar-refractivity contribution in [3.63, 3.8) is 0 Å². The summed E-state index contributed by atoms with van der Waals surface area (Å²) in [6.07, 6.45) is -4.44. The quantitative estimate of drug-likeness (QED) is 0.625. The molecule has 1 amide bonds. The molecule has 0 saturated heterocycles. The zero-order valence-corrected chi connectivity index (χ0v) is 12.6. The summed E-state index contributed by atoms with van der Waals surface area (Å²) < 4.78 is 38.3. The van der Waals surface area contributed by atoms with Gasteiger partial charge in [0.05, 0.1) is 28.4 Å². The van der Waals surface area contributed by atoms with Gasteiger partial charge in [-0.25, -0.2) is 0 Å². The minimum absolute atomic E-state index is 0.249. The van der Waals surface area contributed by atoms with Crippen LogP contribution in [0.4, 0.5) is 24.5 Å². The van der Waals surface area contributed by atoms with Gasteiger partial charge in [0.2, 0.25) is 0 Å². The standard InChI is InChI=1S/C19H9F3N2O/c20-19(21,22)13-6-8-14(9-7-13)24-15-3-1-2-11-4-5-12(10-23)17(16(11)15)18(24)25/h1-9H. The molecule has 3 nitrogen and oxygen atoms in total. The van der Waals surface area contributed by atoms with E-state index in [1.54, 1.807) is 24.3 Å². The second kappa shape index (κ2) is 5.08. The summed E-state index contributed by atoms with van der Waals surface area (Å²) in [5.41, 5.74) is 0.645. The van der Waals surface area contributed by atoms with Gasteiger partial charge >= 0.3 is 6.18 Å². The number of carbonyl (C=O) groups excluding carboxylic acids is 1. The van der Waals surface area contributed by atoms with Crippen LogP contribution in [0.25, 0.3) is 10.8 Å². The molecule has 0 saturated carbocycles. The molecule has 0 spiro atoms. The molecule has 1 aliphatic heterocycles. The molecular weight excluding hydrogens is 329 g/mol. The van der Waals surface area contributed by atoms with E-state index in [-0.39, 0.29) is 11.1 Å². The summed E-state index contributed by atoms with van der Waals surface area (Å²) in [5.74, 6) is -0.414. The highest BCUT2D eigenvalue weighted by Gasteiger charge is 2.34. The second-order valence-corrected chi connectivity index (χ2v) is 5.66. The number of rotatable bonds is 1. The third kappa shape index (κ3) is 2.17. The number of benzene rings is 3. The Morgan fingerprint density at radius 1 is 0.960 bits per heavy atom. The summed E-state index contributed by atoms with van der Waals surface area (Å²) in [6.45, 7) is 0. The average Bonchev–Trinajstić information content (AvgIpc) is 2.89. The predicted octanol–water partition coefficient (Wildman–Crippen LogP) is 5.02. The van der Waals surface area contributed by atoms with E-state index >= 15 is 0 Å². The third-order valence-electron chi connectivity index (χ3n) is 4.25. The molecule has 0 aromatic heterocycles. The molecule has 25 heavy (non-hydrogen) atoms. The van der Waals surface area contributed by atoms with Gasteiger partial charge in [0, 0.05) is 11.1 Å². The number of anilines is 2. The molecule has 0 unspecified atom stereocenters. The zero-order valence-electron chi connectivity index (χ0n) is 12.6. The van der Waals surface area contributed by atoms with Gasteiger partial charge in [-0.05, 0) is 41.8 Å². The lowest BCUT2D eigenvalue weighted by Crippen LogP contribution is -2.21. The first-order valence-electron chi connectivity index (χ1n) is 7.39. The van der Waals surface area contributed by atoms with Crippen LogP contribution in [0.2, 0.25) is 0 Å². The number of hydrogen-bond donors (Lipinski definition) is 0. The Labute approximate surface area is 140 Å². The van der Waals surface area contributed by atoms with Crippen LogP contribution in [0, 0.1) is 11.3 Å². The van der Waals surface area contributed by atoms with Crippen LogP contribution in [0.3, 0.4) is 0 Å². The lowest BCUT2D eigenvalue weighted by atomic mass is 10.0. The summed E-state index contributed by atoms with van der Waals surface area (Å²) in [6, 6.07) is 15.1. The van der Waals surface area contributed by atoms with Gasteiger partial charge in [-0.2, -0.15) is 18.4 Å². The van der Waals surface area contributed by atoms with Gasteiger partial charge in [-0.1, -0.05) is 18.2 Å². The van der Waals surface area contributed by atoms with Crippen LogP contribution in [0.1, 0.15) is 21.5 Å². The van der Waals surface area contributed by atoms with Crippen LogP contribution < -0.4 is 4.90 Å². The minimum Gasteiger partial charge on any atom is -0.276 e. The fourth-order valence-electron chi connectivity index (χ4n) is 3.14. The summed E-state index contributed by atoms with van der Waals surface area (Å²) in [4.78, 5) is 14.2. The Hall–Kier alpha value is -3.33. The number of nitriles is 1. The van der Waals surface area contributed by atoms with E-state index in [0.717, 1.165) is 17.5 Å². The molecule has 6 heteroatoms. The normalized spacial score (nSPS) is 13.4. The SMILES string of the molecule is N#Cc1ccc2cccc3c2c1C(=O)N3c1ccc(C(F)(F)F)cc1. The Bertz CT molecular complexity index is 1060. The fraction of sp³-hybridized carbons (Fsp3) is 0.0526. The Kier molecular flexibility index (Phi) is 3.09. The number of carbonyl (C=O) groups is 1. The topological polar surface area (TPSA) is 44.1 Å². The highest BCUT2D eigenvalue weighted by atomic mass is 19.4. The second-order valence-electron chi connectivity index (χ2n) is 5.66. The predicted molar refractivity (Wildman–Crippen MR) is 86.6 cm³/mol. The molecule has 1 heterocycles. The monoisotopic (exact) mass is 338 g/mol. The van der Waals surface area contributed by atoms with Gasteiger partial charge in [0.15, 0.2) is 0 Å². The van der Waals surface area contributed by atoms with E-state index in [2.05, 4.69) is 0 Å². The van der Waals surface area contributed by atoms with Gasteiger partial charge in [0.1, 0.15) is 0 Å². The van der Waals surface area contributed by atoms with Crippen molar-refractivity contribution in [2.75, 3.05) is 4.90 Å². The fourth-order valence-corrected chi connectivity index (χ4v) is 3.14. The third-order valence-corrected chi connectivity index (χ3v) is 4.25. The molecule has 0 N–H and O–H groups in total. The Balaban J connectivity index is 1.90. The molecule has 122 valence electrons. The molecule has 3 aromatic carbocycles. The van der Waals surface area contributed by atoms with E-state index in [4.69, 9.17) is 0 Å². The molecular formula is C19H9F3N2O. The Morgan fingerprint density at radius 2 is 1.68 bits per heavy atom. The molecule has 0 aliphatic carbocycles. The van der Waals surface area contributed by atoms with E-state index in [1.165, 1.54) is 17.0 Å². The molecule has 3 aromatic rings. The van der Waals surface area contributed by atoms with E-state index < -0.39 is 17.6 Å². The summed E-state index contributed by atoms with van der Waals surface area (Å²) in [5, 5.41) is 10.7. The van der Waals surface area contributed by atoms with Crippen molar-refractivity contribution < 1.29 is 18.0 Å². The van der Waals surface area contributed by atoms with Crippen molar-refractivity contribution in [3.05, 3.63) is 71.3 Å². The number of nitrogens with zero attached hydrogens (tertiary/aromatic N) is 2. The maximum atomic E-state index is 12.9. The summed E-state index contributed by atoms with van der Waals surface area (Å²) in [7, 11) is 0. The van der Waals surface area contributed by atoms with Gasteiger partial charge in [0.25, 0.3) is 5.91 Å². The molecule has 0 atom stereocenters. The van der Waals surface area contributed by atoms with Crippen molar-refractivity contribution >= 4 is 28.1 Å². The van der Waals surface area contributed by atoms with Crippen LogP contribution >= 0.6 is 0 Å². The highest BCUT2D eigenvalue weighted by molar-refractivity contribution is 6.28. The molecule has 0 fully saturated rings. The lowest BCUT2D eigenvalue weighted by molar-refractivity contribution is -0.137. The van der Waals surface area contributed by atoms with Crippen molar-refractivity contribution in [2.24, 2.45) is 0 Å². The van der Waals surface area contributed by atoms with Gasteiger partial charge in [-0.15, -0.1) is 0 Å². The number of alkyl halides is 3. The largest absolute Gasteiger partial charge is 0.416 e. The van der Waals surface area contributed by atoms with Crippen LogP contribution in [-0.2, 0) is 6.18 Å². The van der Waals surface area contributed by atoms with Gasteiger partial charge in [-0.3, -0.25) is 9.69 Å². The van der Waals surface area contributed by atoms with E-state index in [9.17, 15) is 23.2 Å². The van der Waals surface area contributed by atoms with Crippen molar-refractivity contribution in [3.8, 4) is 6.07 Å². The number of amides is 1. The summed E-state index contributed by atoms with van der Waals surface area (Å²) >= 11 is 0. The van der Waals surface area contributed by atoms with Crippen molar-refractivity contribution in [1.29, 1.82) is 5.26 Å². The van der Waals surface area contributed by atoms with Crippen LogP contribution in [-0.4, -0.2) is 5.91 Å². The smallest absolute Gasteiger partial charge is 0.276 e. The molecule has 0 radical (unpaired) electrons. The maximum absolute atomic E-state index is 12.9. The molecule has 4 rings (SSSR count). The van der Waals surface area contributed by atoms with Crippen molar-refractivity contribution in [2.45, 2.75) is 6.18 Å². The van der Waals surface area contributed by atoms with Crippen LogP contribution in [0.15, 0.2) is 54.6 Å². The first kappa shape index (κ1) is 15.2. The molecule has 0 bridgehead atoms. The van der Waals surface area contributed by atoms with Crippen molar-refractivity contribution in [1.82, 2.24) is 0 Å². The van der Waals surface area contributed by atoms with Crippen LogP contribution in [0.5, 0.6) is 0 Å². The number of hydrogen-bond acceptors (Lipinski definition) is 2. The highest BCUT2D eigenvalue weighted by Crippen LogP contribution is 2.43. The minimum atomic E-state index is -4.44. The average molecular weight is 338 g/mol. The number of halogens is 3.